The van der Waals surface area contributed by atoms with Crippen LogP contribution in [0.2, 0.25) is 0 Å². The summed E-state index contributed by atoms with van der Waals surface area (Å²) in [6.45, 7) is 0. The quantitative estimate of drug-likeness (QED) is 0.507. The fourth-order valence-electron chi connectivity index (χ4n) is 1.31. The van der Waals surface area contributed by atoms with E-state index in [0.29, 0.717) is 16.0 Å². The summed E-state index contributed by atoms with van der Waals surface area (Å²) < 4.78 is 5.25. The van der Waals surface area contributed by atoms with Gasteiger partial charge in [-0.2, -0.15) is 0 Å². The highest BCUT2D eigenvalue weighted by molar-refractivity contribution is 5.75. The largest absolute Gasteiger partial charge is 0.497 e. The normalized spacial score (nSPS) is 10.5. The lowest BCUT2D eigenvalue weighted by Crippen LogP contribution is -2.35. The van der Waals surface area contributed by atoms with Crippen LogP contribution in [-0.2, 0) is 0 Å². The molecule has 0 aliphatic carbocycles. The number of hydrogen-bond donors (Lipinski definition) is 2. The van der Waals surface area contributed by atoms with Gasteiger partial charge in [0.1, 0.15) is 11.3 Å². The van der Waals surface area contributed by atoms with E-state index in [0.717, 1.165) is 0 Å². The molecule has 6 heteroatoms. The molecule has 1 aromatic heterocycles. The number of H-pyrrole nitrogens is 1. The predicted molar refractivity (Wildman–Crippen MR) is 52.6 cm³/mol. The maximum atomic E-state index is 11.1. The third kappa shape index (κ3) is 1.35. The monoisotopic (exact) mass is 208 g/mol. The van der Waals surface area contributed by atoms with Crippen molar-refractivity contribution in [3.8, 4) is 5.75 Å². The number of benzene rings is 1. The SMILES string of the molecule is COc1ccc2c(c1)[nH]c(=O)c(=O)n2O. The highest BCUT2D eigenvalue weighted by Crippen LogP contribution is 2.15. The van der Waals surface area contributed by atoms with Crippen LogP contribution in [0.1, 0.15) is 0 Å². The molecule has 15 heavy (non-hydrogen) atoms. The van der Waals surface area contributed by atoms with Crippen LogP contribution in [0.3, 0.4) is 0 Å². The first kappa shape index (κ1) is 9.32. The maximum Gasteiger partial charge on any atom is 0.348 e. The summed E-state index contributed by atoms with van der Waals surface area (Å²) in [4.78, 5) is 24.5. The molecule has 0 unspecified atom stereocenters. The number of aromatic amines is 1. The standard InChI is InChI=1S/C9H8N2O4/c1-15-5-2-3-7-6(4-5)10-8(12)9(13)11(7)14/h2-4,14H,1H3,(H,10,12). The number of nitrogens with one attached hydrogen (secondary N) is 1. The Morgan fingerprint density at radius 1 is 1.40 bits per heavy atom. The molecule has 2 rings (SSSR count). The Bertz CT molecular complexity index is 626. The number of ether oxygens (including phenoxy) is 1. The highest BCUT2D eigenvalue weighted by atomic mass is 16.5. The minimum atomic E-state index is -1.01. The molecule has 0 saturated carbocycles. The summed E-state index contributed by atoms with van der Waals surface area (Å²) in [5.74, 6) is 0.525. The van der Waals surface area contributed by atoms with Crippen molar-refractivity contribution in [1.82, 2.24) is 9.71 Å². The minimum Gasteiger partial charge on any atom is -0.497 e. The lowest BCUT2D eigenvalue weighted by atomic mass is 10.3. The van der Waals surface area contributed by atoms with Crippen molar-refractivity contribution in [3.05, 3.63) is 38.9 Å². The Labute approximate surface area is 83.3 Å². The number of nitrogens with zero attached hydrogens (tertiary/aromatic N) is 1. The van der Waals surface area contributed by atoms with Crippen molar-refractivity contribution in [2.75, 3.05) is 7.11 Å². The van der Waals surface area contributed by atoms with Gasteiger partial charge in [-0.25, -0.2) is 0 Å². The van der Waals surface area contributed by atoms with Crippen LogP contribution in [0.5, 0.6) is 5.75 Å². The van der Waals surface area contributed by atoms with E-state index in [-0.39, 0.29) is 5.52 Å². The van der Waals surface area contributed by atoms with Crippen LogP contribution >= 0.6 is 0 Å². The molecule has 2 aromatic rings. The van der Waals surface area contributed by atoms with E-state index >= 15 is 0 Å². The van der Waals surface area contributed by atoms with E-state index in [1.165, 1.54) is 19.2 Å². The van der Waals surface area contributed by atoms with Gasteiger partial charge in [-0.05, 0) is 12.1 Å². The zero-order chi connectivity index (χ0) is 11.0. The van der Waals surface area contributed by atoms with E-state index in [1.807, 2.05) is 0 Å². The van der Waals surface area contributed by atoms with Gasteiger partial charge in [0.25, 0.3) is 0 Å². The van der Waals surface area contributed by atoms with E-state index in [2.05, 4.69) is 4.98 Å². The fourth-order valence-corrected chi connectivity index (χ4v) is 1.31. The zero-order valence-corrected chi connectivity index (χ0v) is 7.85. The molecule has 0 aliphatic heterocycles. The van der Waals surface area contributed by atoms with Gasteiger partial charge < -0.3 is 14.9 Å². The molecule has 6 nitrogen and oxygen atoms in total. The summed E-state index contributed by atoms with van der Waals surface area (Å²) >= 11 is 0. The lowest BCUT2D eigenvalue weighted by Gasteiger charge is -2.04. The molecule has 0 saturated heterocycles. The number of aromatic nitrogens is 2. The second-order valence-corrected chi connectivity index (χ2v) is 2.95. The summed E-state index contributed by atoms with van der Waals surface area (Å²) in [7, 11) is 1.48. The molecule has 0 amide bonds. The van der Waals surface area contributed by atoms with E-state index < -0.39 is 11.1 Å². The first-order chi connectivity index (χ1) is 7.13. The second-order valence-electron chi connectivity index (χ2n) is 2.95. The van der Waals surface area contributed by atoms with Crippen LogP contribution in [0.15, 0.2) is 27.8 Å². The van der Waals surface area contributed by atoms with E-state index in [4.69, 9.17) is 4.74 Å². The summed E-state index contributed by atoms with van der Waals surface area (Å²) in [6, 6.07) is 4.57. The smallest absolute Gasteiger partial charge is 0.348 e. The van der Waals surface area contributed by atoms with Crippen molar-refractivity contribution < 1.29 is 9.94 Å². The van der Waals surface area contributed by atoms with Crippen LogP contribution in [0.25, 0.3) is 11.0 Å². The molecule has 78 valence electrons. The van der Waals surface area contributed by atoms with Gasteiger partial charge in [0.05, 0.1) is 12.6 Å². The number of rotatable bonds is 1. The average Bonchev–Trinajstić information content (AvgIpc) is 2.25. The van der Waals surface area contributed by atoms with Gasteiger partial charge in [0, 0.05) is 6.07 Å². The van der Waals surface area contributed by atoms with Crippen LogP contribution < -0.4 is 15.9 Å². The molecule has 1 heterocycles. The predicted octanol–water partition coefficient (Wildman–Crippen LogP) is -0.0643. The van der Waals surface area contributed by atoms with Crippen molar-refractivity contribution >= 4 is 11.0 Å². The summed E-state index contributed by atoms with van der Waals surface area (Å²) in [6.07, 6.45) is 0. The Morgan fingerprint density at radius 3 is 2.80 bits per heavy atom. The van der Waals surface area contributed by atoms with Crippen molar-refractivity contribution in [2.24, 2.45) is 0 Å². The highest BCUT2D eigenvalue weighted by Gasteiger charge is 2.06. The fraction of sp³-hybridized carbons (Fsp3) is 0.111. The van der Waals surface area contributed by atoms with E-state index in [1.54, 1.807) is 6.07 Å². The molecule has 0 bridgehead atoms. The number of fused-ring (bicyclic) bond motifs is 1. The number of methoxy groups -OCH3 is 1. The van der Waals surface area contributed by atoms with Gasteiger partial charge in [0.2, 0.25) is 0 Å². The third-order valence-corrected chi connectivity index (χ3v) is 2.07. The summed E-state index contributed by atoms with van der Waals surface area (Å²) in [5.41, 5.74) is -1.33. The molecule has 0 fully saturated rings. The molecule has 2 N–H and O–H groups in total. The van der Waals surface area contributed by atoms with Crippen LogP contribution in [0.4, 0.5) is 0 Å². The first-order valence-corrected chi connectivity index (χ1v) is 4.16. The van der Waals surface area contributed by atoms with Crippen molar-refractivity contribution in [2.45, 2.75) is 0 Å². The Morgan fingerprint density at radius 2 is 2.13 bits per heavy atom. The Hall–Kier alpha value is -2.24. The molecule has 0 atom stereocenters. The van der Waals surface area contributed by atoms with Crippen LogP contribution in [-0.4, -0.2) is 22.0 Å². The first-order valence-electron chi connectivity index (χ1n) is 4.16. The van der Waals surface area contributed by atoms with Crippen molar-refractivity contribution in [3.63, 3.8) is 0 Å². The third-order valence-electron chi connectivity index (χ3n) is 2.07. The Balaban J connectivity index is 2.92. The molecule has 0 spiro atoms. The minimum absolute atomic E-state index is 0.223. The second kappa shape index (κ2) is 3.16. The molecular weight excluding hydrogens is 200 g/mol. The molecular formula is C9H8N2O4. The van der Waals surface area contributed by atoms with Gasteiger partial charge in [-0.3, -0.25) is 9.59 Å². The number of hydrogen-bond acceptors (Lipinski definition) is 4. The molecule has 0 aliphatic rings. The maximum absolute atomic E-state index is 11.1. The van der Waals surface area contributed by atoms with Crippen molar-refractivity contribution in [1.29, 1.82) is 0 Å². The molecule has 1 aromatic carbocycles. The lowest BCUT2D eigenvalue weighted by molar-refractivity contribution is 0.186. The van der Waals surface area contributed by atoms with Crippen LogP contribution in [0, 0.1) is 0 Å². The average molecular weight is 208 g/mol. The van der Waals surface area contributed by atoms with Gasteiger partial charge >= 0.3 is 11.1 Å². The molecule has 0 radical (unpaired) electrons. The van der Waals surface area contributed by atoms with Gasteiger partial charge in [0.15, 0.2) is 0 Å². The van der Waals surface area contributed by atoms with Gasteiger partial charge in [-0.1, -0.05) is 0 Å². The zero-order valence-electron chi connectivity index (χ0n) is 7.85. The van der Waals surface area contributed by atoms with E-state index in [9.17, 15) is 14.8 Å². The van der Waals surface area contributed by atoms with Gasteiger partial charge in [-0.15, -0.1) is 4.73 Å². The topological polar surface area (TPSA) is 84.3 Å². The Kier molecular flexibility index (Phi) is 1.96. The summed E-state index contributed by atoms with van der Waals surface area (Å²) in [5, 5.41) is 9.35.